The summed E-state index contributed by atoms with van der Waals surface area (Å²) in [6.45, 7) is 0. The van der Waals surface area contributed by atoms with Crippen LogP contribution in [-0.4, -0.2) is 23.0 Å². The van der Waals surface area contributed by atoms with Gasteiger partial charge in [-0.1, -0.05) is 6.07 Å². The molecule has 0 radical (unpaired) electrons. The molecule has 2 aromatic heterocycles. The predicted octanol–water partition coefficient (Wildman–Crippen LogP) is 2.69. The lowest BCUT2D eigenvalue weighted by atomic mass is 10.0. The number of hydrogen-bond donors (Lipinski definition) is 0. The van der Waals surface area contributed by atoms with Crippen LogP contribution in [0.3, 0.4) is 0 Å². The van der Waals surface area contributed by atoms with Gasteiger partial charge in [0.2, 0.25) is 0 Å². The minimum absolute atomic E-state index is 0.406. The standard InChI is InChI=1S/C12H9BrN2O2/c1-17-12(16)10-9(4-6-15-11(10)13)8-3-2-5-14-7-8/h2-7H,1H3. The van der Waals surface area contributed by atoms with E-state index in [4.69, 9.17) is 4.74 Å². The number of halogens is 1. The second kappa shape index (κ2) is 5.05. The number of hydrogen-bond acceptors (Lipinski definition) is 4. The summed E-state index contributed by atoms with van der Waals surface area (Å²) in [5.74, 6) is -0.427. The molecule has 0 saturated carbocycles. The number of esters is 1. The first-order chi connectivity index (χ1) is 8.24. The van der Waals surface area contributed by atoms with E-state index in [0.717, 1.165) is 11.1 Å². The molecule has 0 aliphatic rings. The molecule has 17 heavy (non-hydrogen) atoms. The number of methoxy groups -OCH3 is 1. The quantitative estimate of drug-likeness (QED) is 0.631. The molecule has 0 saturated heterocycles. The highest BCUT2D eigenvalue weighted by Crippen LogP contribution is 2.27. The van der Waals surface area contributed by atoms with Crippen LogP contribution in [0.4, 0.5) is 0 Å². The van der Waals surface area contributed by atoms with Crippen molar-refractivity contribution in [2.75, 3.05) is 7.11 Å². The maximum absolute atomic E-state index is 11.7. The first kappa shape index (κ1) is 11.7. The Bertz CT molecular complexity index is 543. The van der Waals surface area contributed by atoms with Crippen LogP contribution in [0.5, 0.6) is 0 Å². The minimum atomic E-state index is -0.427. The van der Waals surface area contributed by atoms with E-state index < -0.39 is 5.97 Å². The van der Waals surface area contributed by atoms with E-state index in [1.165, 1.54) is 7.11 Å². The Hall–Kier alpha value is -1.75. The fraction of sp³-hybridized carbons (Fsp3) is 0.0833. The fourth-order valence-electron chi connectivity index (χ4n) is 1.50. The molecule has 0 aromatic carbocycles. The van der Waals surface area contributed by atoms with E-state index in [2.05, 4.69) is 25.9 Å². The summed E-state index contributed by atoms with van der Waals surface area (Å²) in [4.78, 5) is 19.8. The average molecular weight is 293 g/mol. The molecule has 0 bridgehead atoms. The van der Waals surface area contributed by atoms with Gasteiger partial charge in [-0.05, 0) is 28.1 Å². The summed E-state index contributed by atoms with van der Waals surface area (Å²) in [6, 6.07) is 5.44. The first-order valence-electron chi connectivity index (χ1n) is 4.87. The smallest absolute Gasteiger partial charge is 0.341 e. The van der Waals surface area contributed by atoms with Crippen molar-refractivity contribution in [3.63, 3.8) is 0 Å². The van der Waals surface area contributed by atoms with Crippen molar-refractivity contribution in [3.8, 4) is 11.1 Å². The predicted molar refractivity (Wildman–Crippen MR) is 66.5 cm³/mol. The van der Waals surface area contributed by atoms with Gasteiger partial charge in [0.1, 0.15) is 10.2 Å². The van der Waals surface area contributed by atoms with Gasteiger partial charge in [0.25, 0.3) is 0 Å². The van der Waals surface area contributed by atoms with Crippen LogP contribution >= 0.6 is 15.9 Å². The van der Waals surface area contributed by atoms with Crippen LogP contribution in [0.15, 0.2) is 41.4 Å². The average Bonchev–Trinajstić information content (AvgIpc) is 2.38. The van der Waals surface area contributed by atoms with E-state index in [1.807, 2.05) is 12.1 Å². The SMILES string of the molecule is COC(=O)c1c(-c2cccnc2)ccnc1Br. The Morgan fingerprint density at radius 2 is 2.18 bits per heavy atom. The van der Waals surface area contributed by atoms with Gasteiger partial charge in [0.15, 0.2) is 0 Å². The first-order valence-corrected chi connectivity index (χ1v) is 5.66. The zero-order valence-corrected chi connectivity index (χ0v) is 10.6. The monoisotopic (exact) mass is 292 g/mol. The summed E-state index contributed by atoms with van der Waals surface area (Å²) in [5, 5.41) is 0. The van der Waals surface area contributed by atoms with Crippen LogP contribution in [-0.2, 0) is 4.74 Å². The van der Waals surface area contributed by atoms with Crippen molar-refractivity contribution < 1.29 is 9.53 Å². The van der Waals surface area contributed by atoms with E-state index in [1.54, 1.807) is 24.7 Å². The summed E-state index contributed by atoms with van der Waals surface area (Å²) >= 11 is 3.25. The third-order valence-corrected chi connectivity index (χ3v) is 2.87. The molecule has 0 amide bonds. The van der Waals surface area contributed by atoms with E-state index in [0.29, 0.717) is 10.2 Å². The number of carbonyl (C=O) groups is 1. The van der Waals surface area contributed by atoms with Crippen LogP contribution in [0.2, 0.25) is 0 Å². The molecule has 0 aliphatic carbocycles. The number of ether oxygens (including phenoxy) is 1. The molecule has 0 atom stereocenters. The largest absolute Gasteiger partial charge is 0.465 e. The van der Waals surface area contributed by atoms with Crippen molar-refractivity contribution in [2.24, 2.45) is 0 Å². The third kappa shape index (κ3) is 2.34. The van der Waals surface area contributed by atoms with Crippen LogP contribution in [0.25, 0.3) is 11.1 Å². The molecule has 5 heteroatoms. The van der Waals surface area contributed by atoms with Crippen molar-refractivity contribution in [2.45, 2.75) is 0 Å². The topological polar surface area (TPSA) is 52.1 Å². The maximum Gasteiger partial charge on any atom is 0.341 e. The number of rotatable bonds is 2. The van der Waals surface area contributed by atoms with Gasteiger partial charge in [-0.15, -0.1) is 0 Å². The van der Waals surface area contributed by atoms with E-state index >= 15 is 0 Å². The van der Waals surface area contributed by atoms with Gasteiger partial charge in [0, 0.05) is 29.7 Å². The Morgan fingerprint density at radius 1 is 1.35 bits per heavy atom. The minimum Gasteiger partial charge on any atom is -0.465 e. The number of nitrogens with zero attached hydrogens (tertiary/aromatic N) is 2. The molecule has 0 unspecified atom stereocenters. The molecule has 0 N–H and O–H groups in total. The summed E-state index contributed by atoms with van der Waals surface area (Å²) < 4.78 is 5.21. The van der Waals surface area contributed by atoms with Crippen LogP contribution in [0, 0.1) is 0 Å². The van der Waals surface area contributed by atoms with Gasteiger partial charge in [-0.25, -0.2) is 9.78 Å². The third-order valence-electron chi connectivity index (χ3n) is 2.27. The van der Waals surface area contributed by atoms with Crippen LogP contribution < -0.4 is 0 Å². The second-order valence-electron chi connectivity index (χ2n) is 3.26. The number of carbonyl (C=O) groups excluding carboxylic acids is 1. The summed E-state index contributed by atoms with van der Waals surface area (Å²) in [5.41, 5.74) is 1.99. The summed E-state index contributed by atoms with van der Waals surface area (Å²) in [6.07, 6.45) is 4.99. The Balaban J connectivity index is 2.62. The molecule has 86 valence electrons. The van der Waals surface area contributed by atoms with Gasteiger partial charge in [-0.3, -0.25) is 4.98 Å². The van der Waals surface area contributed by atoms with Crippen LogP contribution in [0.1, 0.15) is 10.4 Å². The molecular weight excluding hydrogens is 284 g/mol. The zero-order chi connectivity index (χ0) is 12.3. The normalized spacial score (nSPS) is 10.0. The molecule has 0 spiro atoms. The zero-order valence-electron chi connectivity index (χ0n) is 9.05. The fourth-order valence-corrected chi connectivity index (χ4v) is 1.99. The Morgan fingerprint density at radius 3 is 2.82 bits per heavy atom. The lowest BCUT2D eigenvalue weighted by molar-refractivity contribution is 0.0600. The van der Waals surface area contributed by atoms with Gasteiger partial charge in [-0.2, -0.15) is 0 Å². The van der Waals surface area contributed by atoms with Crippen molar-refractivity contribution in [1.29, 1.82) is 0 Å². The maximum atomic E-state index is 11.7. The van der Waals surface area contributed by atoms with Gasteiger partial charge >= 0.3 is 5.97 Å². The van der Waals surface area contributed by atoms with Gasteiger partial charge < -0.3 is 4.74 Å². The lowest BCUT2D eigenvalue weighted by Crippen LogP contribution is -2.06. The van der Waals surface area contributed by atoms with E-state index in [-0.39, 0.29) is 0 Å². The number of aromatic nitrogens is 2. The van der Waals surface area contributed by atoms with Gasteiger partial charge in [0.05, 0.1) is 7.11 Å². The highest BCUT2D eigenvalue weighted by Gasteiger charge is 2.17. The Labute approximate surface area is 107 Å². The molecule has 0 aliphatic heterocycles. The second-order valence-corrected chi connectivity index (χ2v) is 4.01. The number of pyridine rings is 2. The van der Waals surface area contributed by atoms with Crippen molar-refractivity contribution >= 4 is 21.9 Å². The highest BCUT2D eigenvalue weighted by molar-refractivity contribution is 9.10. The molecule has 2 aromatic rings. The molecule has 0 fully saturated rings. The van der Waals surface area contributed by atoms with Crippen molar-refractivity contribution in [3.05, 3.63) is 47.0 Å². The highest BCUT2D eigenvalue weighted by atomic mass is 79.9. The molecule has 4 nitrogen and oxygen atoms in total. The molecule has 2 rings (SSSR count). The lowest BCUT2D eigenvalue weighted by Gasteiger charge is -2.08. The van der Waals surface area contributed by atoms with E-state index in [9.17, 15) is 4.79 Å². The molecule has 2 heterocycles. The molecular formula is C12H9BrN2O2. The summed E-state index contributed by atoms with van der Waals surface area (Å²) in [7, 11) is 1.34. The Kier molecular flexibility index (Phi) is 3.49. The van der Waals surface area contributed by atoms with Crippen molar-refractivity contribution in [1.82, 2.24) is 9.97 Å².